The van der Waals surface area contributed by atoms with Crippen molar-refractivity contribution in [2.24, 2.45) is 0 Å². The van der Waals surface area contributed by atoms with Gasteiger partial charge < -0.3 is 14.8 Å². The number of benzene rings is 2. The zero-order valence-electron chi connectivity index (χ0n) is 17.8. The van der Waals surface area contributed by atoms with Crippen LogP contribution in [0, 0.1) is 0 Å². The van der Waals surface area contributed by atoms with Crippen molar-refractivity contribution in [1.29, 1.82) is 0 Å². The Kier molecular flexibility index (Phi) is 6.96. The number of nitrogens with zero attached hydrogens (tertiary/aromatic N) is 3. The van der Waals surface area contributed by atoms with Gasteiger partial charge in [0, 0.05) is 31.4 Å². The maximum absolute atomic E-state index is 13.1. The maximum Gasteiger partial charge on any atom is 0.255 e. The molecule has 162 valence electrons. The zero-order valence-corrected chi connectivity index (χ0v) is 17.8. The summed E-state index contributed by atoms with van der Waals surface area (Å²) in [5, 5.41) is 7.80. The normalized spacial score (nSPS) is 14.4. The summed E-state index contributed by atoms with van der Waals surface area (Å²) in [6.07, 6.45) is 2.68. The van der Waals surface area contributed by atoms with Crippen molar-refractivity contribution >= 4 is 5.91 Å². The van der Waals surface area contributed by atoms with Crippen LogP contribution in [-0.2, 0) is 4.74 Å². The summed E-state index contributed by atoms with van der Waals surface area (Å²) in [5.41, 5.74) is 2.81. The Bertz CT molecular complexity index is 997. The zero-order chi connectivity index (χ0) is 21.5. The second-order valence-electron chi connectivity index (χ2n) is 7.44. The van der Waals surface area contributed by atoms with Crippen molar-refractivity contribution in [2.75, 3.05) is 46.5 Å². The molecule has 1 aromatic heterocycles. The molecule has 0 atom stereocenters. The van der Waals surface area contributed by atoms with Gasteiger partial charge in [-0.05, 0) is 37.2 Å². The van der Waals surface area contributed by atoms with Gasteiger partial charge in [-0.15, -0.1) is 0 Å². The van der Waals surface area contributed by atoms with Gasteiger partial charge in [-0.1, -0.05) is 30.3 Å². The predicted molar refractivity (Wildman–Crippen MR) is 120 cm³/mol. The van der Waals surface area contributed by atoms with Crippen molar-refractivity contribution in [3.8, 4) is 22.7 Å². The maximum atomic E-state index is 13.1. The van der Waals surface area contributed by atoms with E-state index in [4.69, 9.17) is 14.6 Å². The topological polar surface area (TPSA) is 68.6 Å². The average molecular weight is 421 g/mol. The Morgan fingerprint density at radius 1 is 1.10 bits per heavy atom. The van der Waals surface area contributed by atoms with E-state index in [0.717, 1.165) is 50.5 Å². The summed E-state index contributed by atoms with van der Waals surface area (Å²) >= 11 is 0. The van der Waals surface area contributed by atoms with Crippen molar-refractivity contribution < 1.29 is 14.3 Å². The molecule has 7 nitrogen and oxygen atoms in total. The molecule has 1 aliphatic heterocycles. The molecule has 0 radical (unpaired) electrons. The highest BCUT2D eigenvalue weighted by Crippen LogP contribution is 2.31. The van der Waals surface area contributed by atoms with E-state index in [1.165, 1.54) is 0 Å². The molecule has 4 rings (SSSR count). The first-order valence-corrected chi connectivity index (χ1v) is 10.6. The van der Waals surface area contributed by atoms with E-state index in [1.54, 1.807) is 18.0 Å². The minimum atomic E-state index is -0.134. The Morgan fingerprint density at radius 3 is 2.61 bits per heavy atom. The number of rotatable bonds is 8. The molecule has 1 aliphatic rings. The Balaban J connectivity index is 1.53. The van der Waals surface area contributed by atoms with Crippen LogP contribution in [0.15, 0.2) is 60.8 Å². The summed E-state index contributed by atoms with van der Waals surface area (Å²) in [7, 11) is 1.62. The lowest BCUT2D eigenvalue weighted by Gasteiger charge is -2.26. The van der Waals surface area contributed by atoms with Gasteiger partial charge in [-0.25, -0.2) is 4.68 Å². The second-order valence-corrected chi connectivity index (χ2v) is 7.44. The van der Waals surface area contributed by atoms with Crippen molar-refractivity contribution in [3.05, 3.63) is 66.4 Å². The molecule has 1 saturated heterocycles. The van der Waals surface area contributed by atoms with Crippen LogP contribution in [0.1, 0.15) is 16.8 Å². The van der Waals surface area contributed by atoms with Crippen LogP contribution in [-0.4, -0.2) is 67.1 Å². The van der Waals surface area contributed by atoms with E-state index >= 15 is 0 Å². The van der Waals surface area contributed by atoms with E-state index in [0.29, 0.717) is 23.6 Å². The SMILES string of the molecule is COc1ccccc1-c1nn(-c2ccccc2)cc1C(=O)NCCCN1CCOCC1. The van der Waals surface area contributed by atoms with Gasteiger partial charge in [-0.2, -0.15) is 5.10 Å². The lowest BCUT2D eigenvalue weighted by molar-refractivity contribution is 0.0374. The fourth-order valence-electron chi connectivity index (χ4n) is 3.72. The van der Waals surface area contributed by atoms with Gasteiger partial charge in [0.2, 0.25) is 0 Å². The van der Waals surface area contributed by atoms with Crippen LogP contribution < -0.4 is 10.1 Å². The average Bonchev–Trinajstić information content (AvgIpc) is 3.28. The summed E-state index contributed by atoms with van der Waals surface area (Å²) in [6, 6.07) is 17.4. The number of morpholine rings is 1. The molecule has 0 bridgehead atoms. The van der Waals surface area contributed by atoms with Gasteiger partial charge in [-0.3, -0.25) is 9.69 Å². The number of carbonyl (C=O) groups is 1. The Morgan fingerprint density at radius 2 is 1.84 bits per heavy atom. The fraction of sp³-hybridized carbons (Fsp3) is 0.333. The number of hydrogen-bond acceptors (Lipinski definition) is 5. The molecule has 1 amide bonds. The number of amides is 1. The van der Waals surface area contributed by atoms with Crippen LogP contribution in [0.25, 0.3) is 16.9 Å². The quantitative estimate of drug-likeness (QED) is 0.568. The third kappa shape index (κ3) is 5.13. The molecule has 1 fully saturated rings. The first kappa shape index (κ1) is 21.1. The lowest BCUT2D eigenvalue weighted by atomic mass is 10.1. The van der Waals surface area contributed by atoms with Gasteiger partial charge in [0.1, 0.15) is 11.4 Å². The van der Waals surface area contributed by atoms with E-state index in [2.05, 4.69) is 10.2 Å². The first-order valence-electron chi connectivity index (χ1n) is 10.6. The summed E-state index contributed by atoms with van der Waals surface area (Å²) < 4.78 is 12.6. The first-order chi connectivity index (χ1) is 15.3. The van der Waals surface area contributed by atoms with Gasteiger partial charge in [0.05, 0.1) is 31.6 Å². The molecular weight excluding hydrogens is 392 g/mol. The molecular formula is C24H28N4O3. The van der Waals surface area contributed by atoms with E-state index in [-0.39, 0.29) is 5.91 Å². The molecule has 0 unspecified atom stereocenters. The second kappa shape index (κ2) is 10.2. The molecule has 31 heavy (non-hydrogen) atoms. The molecule has 0 saturated carbocycles. The number of methoxy groups -OCH3 is 1. The largest absolute Gasteiger partial charge is 0.496 e. The van der Waals surface area contributed by atoms with Gasteiger partial charge >= 0.3 is 0 Å². The number of para-hydroxylation sites is 2. The minimum absolute atomic E-state index is 0.134. The number of carbonyl (C=O) groups excluding carboxylic acids is 1. The minimum Gasteiger partial charge on any atom is -0.496 e. The van der Waals surface area contributed by atoms with Crippen LogP contribution in [0.4, 0.5) is 0 Å². The fourth-order valence-corrected chi connectivity index (χ4v) is 3.72. The Labute approximate surface area is 182 Å². The molecule has 3 aromatic rings. The molecule has 0 spiro atoms. The van der Waals surface area contributed by atoms with Crippen molar-refractivity contribution in [2.45, 2.75) is 6.42 Å². The van der Waals surface area contributed by atoms with E-state index < -0.39 is 0 Å². The van der Waals surface area contributed by atoms with Gasteiger partial charge in [0.15, 0.2) is 0 Å². The number of aromatic nitrogens is 2. The van der Waals surface area contributed by atoms with E-state index in [1.807, 2.05) is 54.6 Å². The highest BCUT2D eigenvalue weighted by atomic mass is 16.5. The monoisotopic (exact) mass is 420 g/mol. The van der Waals surface area contributed by atoms with Crippen LogP contribution in [0.2, 0.25) is 0 Å². The molecule has 2 aromatic carbocycles. The number of ether oxygens (including phenoxy) is 2. The highest BCUT2D eigenvalue weighted by molar-refractivity contribution is 6.00. The molecule has 1 N–H and O–H groups in total. The number of nitrogens with one attached hydrogen (secondary N) is 1. The van der Waals surface area contributed by atoms with Crippen LogP contribution in [0.3, 0.4) is 0 Å². The van der Waals surface area contributed by atoms with Crippen LogP contribution in [0.5, 0.6) is 5.75 Å². The third-order valence-electron chi connectivity index (χ3n) is 5.38. The van der Waals surface area contributed by atoms with Gasteiger partial charge in [0.25, 0.3) is 5.91 Å². The lowest BCUT2D eigenvalue weighted by Crippen LogP contribution is -2.38. The molecule has 2 heterocycles. The van der Waals surface area contributed by atoms with Crippen LogP contribution >= 0.6 is 0 Å². The summed E-state index contributed by atoms with van der Waals surface area (Å²) in [5.74, 6) is 0.548. The standard InChI is InChI=1S/C24H28N4O3/c1-30-22-11-6-5-10-20(22)23-21(18-28(26-23)19-8-3-2-4-9-19)24(29)25-12-7-13-27-14-16-31-17-15-27/h2-6,8-11,18H,7,12-17H2,1H3,(H,25,29). The highest BCUT2D eigenvalue weighted by Gasteiger charge is 2.21. The predicted octanol–water partition coefficient (Wildman–Crippen LogP) is 3.00. The summed E-state index contributed by atoms with van der Waals surface area (Å²) in [4.78, 5) is 15.5. The summed E-state index contributed by atoms with van der Waals surface area (Å²) in [6.45, 7) is 5.04. The van der Waals surface area contributed by atoms with Crippen molar-refractivity contribution in [1.82, 2.24) is 20.0 Å². The third-order valence-corrected chi connectivity index (χ3v) is 5.38. The Hall–Kier alpha value is -3.16. The molecule has 0 aliphatic carbocycles. The molecule has 7 heteroatoms. The van der Waals surface area contributed by atoms with E-state index in [9.17, 15) is 4.79 Å². The smallest absolute Gasteiger partial charge is 0.255 e. The number of hydrogen-bond donors (Lipinski definition) is 1. The van der Waals surface area contributed by atoms with Crippen molar-refractivity contribution in [3.63, 3.8) is 0 Å².